The van der Waals surface area contributed by atoms with E-state index in [-0.39, 0.29) is 11.7 Å². The number of hydrogen-bond donors (Lipinski definition) is 2. The van der Waals surface area contributed by atoms with Gasteiger partial charge in [0, 0.05) is 0 Å². The minimum absolute atomic E-state index is 0.166. The van der Waals surface area contributed by atoms with Crippen LogP contribution in [0.1, 0.15) is 11.1 Å². The quantitative estimate of drug-likeness (QED) is 0.593. The summed E-state index contributed by atoms with van der Waals surface area (Å²) in [5.74, 6) is 0.0851. The number of amides is 1. The second-order valence-electron chi connectivity index (χ2n) is 3.40. The largest absolute Gasteiger partial charge is 0.508 e. The van der Waals surface area contributed by atoms with Crippen molar-refractivity contribution >= 4 is 40.3 Å². The van der Waals surface area contributed by atoms with Gasteiger partial charge in [0.15, 0.2) is 0 Å². The summed E-state index contributed by atoms with van der Waals surface area (Å²) in [6.45, 7) is 1.81. The summed E-state index contributed by atoms with van der Waals surface area (Å²) in [7, 11) is 0. The van der Waals surface area contributed by atoms with E-state index in [0.29, 0.717) is 9.23 Å². The number of phenolic OH excluding ortho intramolecular Hbond substituents is 1. The molecular weight excluding hydrogens is 242 g/mol. The fraction of sp³-hybridized carbons (Fsp3) is 0.0909. The van der Waals surface area contributed by atoms with Crippen LogP contribution < -0.4 is 5.32 Å². The van der Waals surface area contributed by atoms with Gasteiger partial charge in [0.05, 0.1) is 4.91 Å². The topological polar surface area (TPSA) is 49.3 Å². The Morgan fingerprint density at radius 1 is 1.50 bits per heavy atom. The summed E-state index contributed by atoms with van der Waals surface area (Å²) in [5, 5.41) is 11.9. The van der Waals surface area contributed by atoms with E-state index in [4.69, 9.17) is 12.2 Å². The van der Waals surface area contributed by atoms with E-state index in [1.165, 1.54) is 11.8 Å². The van der Waals surface area contributed by atoms with Crippen LogP contribution in [0.15, 0.2) is 23.1 Å². The fourth-order valence-electron chi connectivity index (χ4n) is 1.34. The average molecular weight is 251 g/mol. The van der Waals surface area contributed by atoms with E-state index in [9.17, 15) is 9.90 Å². The second-order valence-corrected chi connectivity index (χ2v) is 5.12. The molecule has 0 spiro atoms. The number of rotatable bonds is 1. The number of carbonyl (C=O) groups is 1. The molecule has 2 rings (SSSR count). The fourth-order valence-corrected chi connectivity index (χ4v) is 2.39. The van der Waals surface area contributed by atoms with Crippen molar-refractivity contribution in [2.45, 2.75) is 6.92 Å². The van der Waals surface area contributed by atoms with E-state index in [1.54, 1.807) is 18.2 Å². The molecule has 0 saturated carbocycles. The van der Waals surface area contributed by atoms with Gasteiger partial charge in [0.2, 0.25) is 0 Å². The molecule has 0 bridgehead atoms. The van der Waals surface area contributed by atoms with Crippen LogP contribution in [0.3, 0.4) is 0 Å². The molecule has 0 atom stereocenters. The number of hydrogen-bond acceptors (Lipinski definition) is 4. The van der Waals surface area contributed by atoms with Crippen LogP contribution in [0, 0.1) is 6.92 Å². The van der Waals surface area contributed by atoms with Gasteiger partial charge in [-0.2, -0.15) is 0 Å². The molecule has 82 valence electrons. The van der Waals surface area contributed by atoms with Crippen molar-refractivity contribution in [3.63, 3.8) is 0 Å². The molecule has 16 heavy (non-hydrogen) atoms. The predicted octanol–water partition coefficient (Wildman–Crippen LogP) is 2.19. The number of aryl methyl sites for hydroxylation is 1. The molecular formula is C11H9NO2S2. The summed E-state index contributed by atoms with van der Waals surface area (Å²) in [5.41, 5.74) is 1.65. The Morgan fingerprint density at radius 2 is 2.25 bits per heavy atom. The van der Waals surface area contributed by atoms with E-state index in [0.717, 1.165) is 11.1 Å². The van der Waals surface area contributed by atoms with Crippen molar-refractivity contribution in [1.82, 2.24) is 5.32 Å². The molecule has 0 unspecified atom stereocenters. The predicted molar refractivity (Wildman–Crippen MR) is 69.2 cm³/mol. The minimum Gasteiger partial charge on any atom is -0.508 e. The zero-order chi connectivity index (χ0) is 11.7. The maximum Gasteiger partial charge on any atom is 0.263 e. The maximum atomic E-state index is 11.4. The summed E-state index contributed by atoms with van der Waals surface area (Å²) < 4.78 is 0.478. The number of phenols is 1. The lowest BCUT2D eigenvalue weighted by molar-refractivity contribution is -0.115. The summed E-state index contributed by atoms with van der Waals surface area (Å²) >= 11 is 6.13. The van der Waals surface area contributed by atoms with Gasteiger partial charge in [-0.15, -0.1) is 0 Å². The molecule has 0 radical (unpaired) electrons. The maximum absolute atomic E-state index is 11.4. The van der Waals surface area contributed by atoms with Crippen LogP contribution >= 0.6 is 24.0 Å². The lowest BCUT2D eigenvalue weighted by Crippen LogP contribution is -2.17. The SMILES string of the molecule is Cc1cc(C=C2SC(=S)NC2=O)ccc1O. The van der Waals surface area contributed by atoms with Crippen molar-refractivity contribution in [2.75, 3.05) is 0 Å². The zero-order valence-electron chi connectivity index (χ0n) is 8.48. The smallest absolute Gasteiger partial charge is 0.263 e. The summed E-state index contributed by atoms with van der Waals surface area (Å²) in [4.78, 5) is 12.0. The molecule has 0 aromatic heterocycles. The highest BCUT2D eigenvalue weighted by Gasteiger charge is 2.21. The lowest BCUT2D eigenvalue weighted by Gasteiger charge is -2.00. The van der Waals surface area contributed by atoms with Gasteiger partial charge >= 0.3 is 0 Å². The standard InChI is InChI=1S/C11H9NO2S2/c1-6-4-7(2-3-8(6)13)5-9-10(14)12-11(15)16-9/h2-5,13H,1H3,(H,12,14,15). The number of thiocarbonyl (C=S) groups is 1. The molecule has 1 aliphatic heterocycles. The van der Waals surface area contributed by atoms with Gasteiger partial charge in [0.1, 0.15) is 10.1 Å². The van der Waals surface area contributed by atoms with Gasteiger partial charge in [-0.3, -0.25) is 4.79 Å². The molecule has 1 fully saturated rings. The van der Waals surface area contributed by atoms with Crippen molar-refractivity contribution in [2.24, 2.45) is 0 Å². The monoisotopic (exact) mass is 251 g/mol. The molecule has 1 heterocycles. The van der Waals surface area contributed by atoms with E-state index >= 15 is 0 Å². The second kappa shape index (κ2) is 4.27. The normalized spacial score (nSPS) is 17.9. The summed E-state index contributed by atoms with van der Waals surface area (Å²) in [6, 6.07) is 5.18. The number of nitrogens with one attached hydrogen (secondary N) is 1. The molecule has 1 amide bonds. The van der Waals surface area contributed by atoms with Crippen molar-refractivity contribution in [3.05, 3.63) is 34.2 Å². The third kappa shape index (κ3) is 2.25. The Balaban J connectivity index is 2.32. The highest BCUT2D eigenvalue weighted by Crippen LogP contribution is 2.27. The molecule has 1 aliphatic rings. The van der Waals surface area contributed by atoms with Gasteiger partial charge < -0.3 is 10.4 Å². The Morgan fingerprint density at radius 3 is 2.81 bits per heavy atom. The Kier molecular flexibility index (Phi) is 2.98. The molecule has 5 heteroatoms. The van der Waals surface area contributed by atoms with Crippen molar-refractivity contribution in [3.8, 4) is 5.75 Å². The van der Waals surface area contributed by atoms with Crippen LogP contribution in [0.25, 0.3) is 6.08 Å². The number of thioether (sulfide) groups is 1. The lowest BCUT2D eigenvalue weighted by atomic mass is 10.1. The van der Waals surface area contributed by atoms with Crippen LogP contribution in [0.5, 0.6) is 5.75 Å². The molecule has 1 aromatic rings. The van der Waals surface area contributed by atoms with E-state index in [1.807, 2.05) is 13.0 Å². The average Bonchev–Trinajstić information content (AvgIpc) is 2.51. The molecule has 3 nitrogen and oxygen atoms in total. The van der Waals surface area contributed by atoms with E-state index in [2.05, 4.69) is 5.32 Å². The van der Waals surface area contributed by atoms with Crippen LogP contribution in [0.2, 0.25) is 0 Å². The van der Waals surface area contributed by atoms with Gasteiger partial charge in [-0.25, -0.2) is 0 Å². The first kappa shape index (κ1) is 11.2. The van der Waals surface area contributed by atoms with Crippen LogP contribution in [-0.2, 0) is 4.79 Å². The molecule has 1 aromatic carbocycles. The van der Waals surface area contributed by atoms with Crippen molar-refractivity contribution in [1.29, 1.82) is 0 Å². The molecule has 1 saturated heterocycles. The Labute approximate surface area is 103 Å². The minimum atomic E-state index is -0.166. The Bertz CT molecular complexity index is 509. The number of carbonyl (C=O) groups excluding carboxylic acids is 1. The van der Waals surface area contributed by atoms with Gasteiger partial charge in [-0.05, 0) is 36.3 Å². The first-order valence-electron chi connectivity index (χ1n) is 4.61. The highest BCUT2D eigenvalue weighted by molar-refractivity contribution is 8.26. The molecule has 2 N–H and O–H groups in total. The third-order valence-corrected chi connectivity index (χ3v) is 3.32. The van der Waals surface area contributed by atoms with E-state index < -0.39 is 0 Å². The van der Waals surface area contributed by atoms with Crippen molar-refractivity contribution < 1.29 is 9.90 Å². The highest BCUT2D eigenvalue weighted by atomic mass is 32.2. The number of aromatic hydroxyl groups is 1. The van der Waals surface area contributed by atoms with Gasteiger partial charge in [-0.1, -0.05) is 30.0 Å². The third-order valence-electron chi connectivity index (χ3n) is 2.16. The summed E-state index contributed by atoms with van der Waals surface area (Å²) in [6.07, 6.45) is 1.76. The van der Waals surface area contributed by atoms with Gasteiger partial charge in [0.25, 0.3) is 5.91 Å². The van der Waals surface area contributed by atoms with Crippen LogP contribution in [-0.4, -0.2) is 15.3 Å². The molecule has 0 aliphatic carbocycles. The number of benzene rings is 1. The van der Waals surface area contributed by atoms with Crippen LogP contribution in [0.4, 0.5) is 0 Å². The first-order valence-corrected chi connectivity index (χ1v) is 5.83. The Hall–Kier alpha value is -1.33. The zero-order valence-corrected chi connectivity index (χ0v) is 10.1. The first-order chi connectivity index (χ1) is 7.56.